The first kappa shape index (κ1) is 18.3. The lowest BCUT2D eigenvalue weighted by molar-refractivity contribution is 0.337. The molecule has 0 radical (unpaired) electrons. The Morgan fingerprint density at radius 1 is 0.833 bits per heavy atom. The summed E-state index contributed by atoms with van der Waals surface area (Å²) >= 11 is 0. The molecule has 0 saturated carbocycles. The van der Waals surface area contributed by atoms with Crippen LogP contribution in [0.15, 0.2) is 36.4 Å². The lowest BCUT2D eigenvalue weighted by Crippen LogP contribution is -1.96. The van der Waals surface area contributed by atoms with Gasteiger partial charge >= 0.3 is 0 Å². The van der Waals surface area contributed by atoms with Crippen LogP contribution in [0.4, 0.5) is 0 Å². The molecule has 0 spiro atoms. The summed E-state index contributed by atoms with van der Waals surface area (Å²) in [5.74, 6) is 0.989. The van der Waals surface area contributed by atoms with Gasteiger partial charge in [0.15, 0.2) is 0 Å². The van der Waals surface area contributed by atoms with Crippen molar-refractivity contribution in [2.75, 3.05) is 6.61 Å². The van der Waals surface area contributed by atoms with E-state index in [0.29, 0.717) is 6.61 Å². The highest BCUT2D eigenvalue weighted by Crippen LogP contribution is 2.25. The molecule has 1 nitrogen and oxygen atoms in total. The second kappa shape index (κ2) is 9.32. The second-order valence-electron chi connectivity index (χ2n) is 6.37. The van der Waals surface area contributed by atoms with Crippen LogP contribution in [0.25, 0.3) is 12.2 Å². The van der Waals surface area contributed by atoms with Crippen molar-refractivity contribution in [1.82, 2.24) is 0 Å². The molecule has 2 aromatic carbocycles. The van der Waals surface area contributed by atoms with Crippen molar-refractivity contribution in [3.05, 3.63) is 64.2 Å². The van der Waals surface area contributed by atoms with E-state index in [1.54, 1.807) is 0 Å². The van der Waals surface area contributed by atoms with Gasteiger partial charge in [0.2, 0.25) is 0 Å². The first-order valence-electron chi connectivity index (χ1n) is 9.15. The molecule has 2 aromatic rings. The third kappa shape index (κ3) is 4.99. The van der Waals surface area contributed by atoms with Gasteiger partial charge in [0.05, 0.1) is 6.61 Å². The second-order valence-corrected chi connectivity index (χ2v) is 6.37. The van der Waals surface area contributed by atoms with Crippen molar-refractivity contribution < 1.29 is 4.74 Å². The SMILES string of the molecule is CCCCCc1ccc(C=Cc2ccc(OCC)c(C)c2C)cc1. The van der Waals surface area contributed by atoms with Gasteiger partial charge in [0, 0.05) is 0 Å². The van der Waals surface area contributed by atoms with E-state index in [2.05, 4.69) is 69.3 Å². The number of unbranched alkanes of at least 4 members (excludes halogenated alkanes) is 2. The van der Waals surface area contributed by atoms with Crippen LogP contribution in [-0.2, 0) is 6.42 Å². The Balaban J connectivity index is 2.06. The van der Waals surface area contributed by atoms with Gasteiger partial charge in [0.25, 0.3) is 0 Å². The van der Waals surface area contributed by atoms with Crippen molar-refractivity contribution in [2.45, 2.75) is 53.4 Å². The summed E-state index contributed by atoms with van der Waals surface area (Å²) in [5, 5.41) is 0. The van der Waals surface area contributed by atoms with Crippen molar-refractivity contribution >= 4 is 12.2 Å². The molecule has 0 aliphatic carbocycles. The number of ether oxygens (including phenoxy) is 1. The van der Waals surface area contributed by atoms with Crippen molar-refractivity contribution in [3.63, 3.8) is 0 Å². The van der Waals surface area contributed by atoms with E-state index in [0.717, 1.165) is 5.75 Å². The molecule has 2 rings (SSSR count). The number of rotatable bonds is 8. The smallest absolute Gasteiger partial charge is 0.122 e. The van der Waals surface area contributed by atoms with Crippen LogP contribution in [0.2, 0.25) is 0 Å². The average Bonchev–Trinajstić information content (AvgIpc) is 2.60. The Morgan fingerprint density at radius 2 is 1.58 bits per heavy atom. The minimum atomic E-state index is 0.708. The van der Waals surface area contributed by atoms with Gasteiger partial charge in [-0.2, -0.15) is 0 Å². The molecular formula is C23H30O. The van der Waals surface area contributed by atoms with Crippen LogP contribution >= 0.6 is 0 Å². The third-order valence-electron chi connectivity index (χ3n) is 4.58. The summed E-state index contributed by atoms with van der Waals surface area (Å²) in [5.41, 5.74) is 6.45. The van der Waals surface area contributed by atoms with Gasteiger partial charge < -0.3 is 4.74 Å². The number of benzene rings is 2. The fraction of sp³-hybridized carbons (Fsp3) is 0.391. The summed E-state index contributed by atoms with van der Waals surface area (Å²) in [4.78, 5) is 0. The quantitative estimate of drug-likeness (QED) is 0.393. The Labute approximate surface area is 147 Å². The zero-order chi connectivity index (χ0) is 17.4. The molecule has 24 heavy (non-hydrogen) atoms. The van der Waals surface area contributed by atoms with Crippen LogP contribution in [0, 0.1) is 13.8 Å². The molecule has 0 saturated heterocycles. The predicted molar refractivity (Wildman–Crippen MR) is 106 cm³/mol. The summed E-state index contributed by atoms with van der Waals surface area (Å²) in [7, 11) is 0. The van der Waals surface area contributed by atoms with Crippen LogP contribution in [0.5, 0.6) is 5.75 Å². The Bertz CT molecular complexity index is 665. The Hall–Kier alpha value is -2.02. The molecule has 0 unspecified atom stereocenters. The lowest BCUT2D eigenvalue weighted by atomic mass is 10.0. The summed E-state index contributed by atoms with van der Waals surface area (Å²) in [6.45, 7) is 9.27. The third-order valence-corrected chi connectivity index (χ3v) is 4.58. The zero-order valence-corrected chi connectivity index (χ0v) is 15.6. The maximum atomic E-state index is 5.66. The first-order valence-corrected chi connectivity index (χ1v) is 9.15. The highest BCUT2D eigenvalue weighted by Gasteiger charge is 2.05. The first-order chi connectivity index (χ1) is 11.7. The minimum Gasteiger partial charge on any atom is -0.494 e. The van der Waals surface area contributed by atoms with E-state index < -0.39 is 0 Å². The van der Waals surface area contributed by atoms with Gasteiger partial charge in [-0.25, -0.2) is 0 Å². The van der Waals surface area contributed by atoms with Gasteiger partial charge in [0.1, 0.15) is 5.75 Å². The molecule has 0 fully saturated rings. The molecule has 0 aliphatic rings. The Morgan fingerprint density at radius 3 is 2.25 bits per heavy atom. The van der Waals surface area contributed by atoms with E-state index in [9.17, 15) is 0 Å². The number of hydrogen-bond acceptors (Lipinski definition) is 1. The molecule has 0 bridgehead atoms. The maximum absolute atomic E-state index is 5.66. The van der Waals surface area contributed by atoms with Crippen molar-refractivity contribution in [2.24, 2.45) is 0 Å². The van der Waals surface area contributed by atoms with E-state index in [1.165, 1.54) is 53.5 Å². The van der Waals surface area contributed by atoms with Gasteiger partial charge in [-0.1, -0.05) is 62.2 Å². The highest BCUT2D eigenvalue weighted by atomic mass is 16.5. The Kier molecular flexibility index (Phi) is 7.11. The van der Waals surface area contributed by atoms with E-state index in [1.807, 2.05) is 6.92 Å². The molecule has 0 aromatic heterocycles. The van der Waals surface area contributed by atoms with Crippen LogP contribution in [-0.4, -0.2) is 6.61 Å². The molecule has 0 heterocycles. The summed E-state index contributed by atoms with van der Waals surface area (Å²) < 4.78 is 5.66. The molecule has 128 valence electrons. The molecule has 0 N–H and O–H groups in total. The fourth-order valence-electron chi connectivity index (χ4n) is 2.87. The predicted octanol–water partition coefficient (Wildman–Crippen LogP) is 6.61. The van der Waals surface area contributed by atoms with Gasteiger partial charge in [-0.05, 0) is 67.5 Å². The number of aryl methyl sites for hydroxylation is 1. The lowest BCUT2D eigenvalue weighted by Gasteiger charge is -2.11. The van der Waals surface area contributed by atoms with E-state index >= 15 is 0 Å². The van der Waals surface area contributed by atoms with Crippen LogP contribution in [0.1, 0.15) is 60.9 Å². The normalized spacial score (nSPS) is 11.2. The highest BCUT2D eigenvalue weighted by molar-refractivity contribution is 5.72. The molecular weight excluding hydrogens is 292 g/mol. The molecule has 1 heteroatoms. The number of hydrogen-bond donors (Lipinski definition) is 0. The van der Waals surface area contributed by atoms with E-state index in [4.69, 9.17) is 4.74 Å². The molecule has 0 aliphatic heterocycles. The summed E-state index contributed by atoms with van der Waals surface area (Å²) in [6.07, 6.45) is 9.47. The minimum absolute atomic E-state index is 0.708. The topological polar surface area (TPSA) is 9.23 Å². The van der Waals surface area contributed by atoms with Gasteiger partial charge in [-0.15, -0.1) is 0 Å². The van der Waals surface area contributed by atoms with E-state index in [-0.39, 0.29) is 0 Å². The van der Waals surface area contributed by atoms with Crippen molar-refractivity contribution in [1.29, 1.82) is 0 Å². The zero-order valence-electron chi connectivity index (χ0n) is 15.6. The van der Waals surface area contributed by atoms with Crippen LogP contribution in [0.3, 0.4) is 0 Å². The standard InChI is InChI=1S/C23H30O/c1-5-7-8-9-20-10-12-21(13-11-20)14-15-22-16-17-23(24-6-2)19(4)18(22)3/h10-17H,5-9H2,1-4H3. The molecule has 0 amide bonds. The average molecular weight is 322 g/mol. The molecule has 0 atom stereocenters. The van der Waals surface area contributed by atoms with Crippen molar-refractivity contribution in [3.8, 4) is 5.75 Å². The maximum Gasteiger partial charge on any atom is 0.122 e. The van der Waals surface area contributed by atoms with Gasteiger partial charge in [-0.3, -0.25) is 0 Å². The largest absolute Gasteiger partial charge is 0.494 e. The summed E-state index contributed by atoms with van der Waals surface area (Å²) in [6, 6.07) is 13.2. The monoisotopic (exact) mass is 322 g/mol. The fourth-order valence-corrected chi connectivity index (χ4v) is 2.87. The van der Waals surface area contributed by atoms with Crippen LogP contribution < -0.4 is 4.74 Å².